The standard InChI is InChI=1S/C18H18F2N2O3/c1-18(25,13-5-7-14(19)8-6-13)11-22-16(23)10-21-17(24)12-3-2-4-15(20)9-12/h2-9,25H,10-11H2,1H3,(H,21,24)(H,22,23). The molecule has 2 amide bonds. The summed E-state index contributed by atoms with van der Waals surface area (Å²) in [7, 11) is 0. The van der Waals surface area contributed by atoms with Gasteiger partial charge in [-0.25, -0.2) is 8.78 Å². The summed E-state index contributed by atoms with van der Waals surface area (Å²) in [4.78, 5) is 23.6. The van der Waals surface area contributed by atoms with Gasteiger partial charge in [0.1, 0.15) is 17.2 Å². The monoisotopic (exact) mass is 348 g/mol. The van der Waals surface area contributed by atoms with Gasteiger partial charge in [-0.1, -0.05) is 18.2 Å². The van der Waals surface area contributed by atoms with Gasteiger partial charge in [0.2, 0.25) is 5.91 Å². The molecule has 0 fully saturated rings. The maximum absolute atomic E-state index is 13.1. The van der Waals surface area contributed by atoms with Crippen molar-refractivity contribution in [3.8, 4) is 0 Å². The SMILES string of the molecule is CC(O)(CNC(=O)CNC(=O)c1cccc(F)c1)c1ccc(F)cc1. The number of aliphatic hydroxyl groups is 1. The van der Waals surface area contributed by atoms with Crippen molar-refractivity contribution in [2.24, 2.45) is 0 Å². The number of hydrogen-bond donors (Lipinski definition) is 3. The average molecular weight is 348 g/mol. The second-order valence-electron chi connectivity index (χ2n) is 5.75. The number of carbonyl (C=O) groups is 2. The van der Waals surface area contributed by atoms with Crippen molar-refractivity contribution in [2.75, 3.05) is 13.1 Å². The average Bonchev–Trinajstić information content (AvgIpc) is 2.58. The normalized spacial score (nSPS) is 13.0. The maximum atomic E-state index is 13.1. The highest BCUT2D eigenvalue weighted by Gasteiger charge is 2.23. The van der Waals surface area contributed by atoms with Gasteiger partial charge in [-0.3, -0.25) is 9.59 Å². The lowest BCUT2D eigenvalue weighted by atomic mass is 9.96. The Morgan fingerprint density at radius 1 is 1.04 bits per heavy atom. The number of benzene rings is 2. The van der Waals surface area contributed by atoms with E-state index in [4.69, 9.17) is 0 Å². The zero-order chi connectivity index (χ0) is 18.4. The Balaban J connectivity index is 1.84. The van der Waals surface area contributed by atoms with Gasteiger partial charge < -0.3 is 15.7 Å². The van der Waals surface area contributed by atoms with Crippen LogP contribution in [-0.2, 0) is 10.4 Å². The summed E-state index contributed by atoms with van der Waals surface area (Å²) in [5, 5.41) is 15.2. The quantitative estimate of drug-likeness (QED) is 0.744. The lowest BCUT2D eigenvalue weighted by molar-refractivity contribution is -0.121. The smallest absolute Gasteiger partial charge is 0.251 e. The Kier molecular flexibility index (Phi) is 5.82. The first-order valence-corrected chi connectivity index (χ1v) is 7.57. The van der Waals surface area contributed by atoms with E-state index in [2.05, 4.69) is 10.6 Å². The summed E-state index contributed by atoms with van der Waals surface area (Å²) in [6, 6.07) is 10.4. The Bertz CT molecular complexity index is 761. The molecule has 2 rings (SSSR count). The third-order valence-corrected chi connectivity index (χ3v) is 3.59. The van der Waals surface area contributed by atoms with E-state index in [1.807, 2.05) is 0 Å². The molecule has 0 radical (unpaired) electrons. The molecular weight excluding hydrogens is 330 g/mol. The van der Waals surface area contributed by atoms with Crippen molar-refractivity contribution in [1.29, 1.82) is 0 Å². The van der Waals surface area contributed by atoms with E-state index in [1.165, 1.54) is 49.4 Å². The molecule has 132 valence electrons. The van der Waals surface area contributed by atoms with Gasteiger partial charge in [0, 0.05) is 5.56 Å². The maximum Gasteiger partial charge on any atom is 0.251 e. The Hall–Kier alpha value is -2.80. The molecule has 5 nitrogen and oxygen atoms in total. The topological polar surface area (TPSA) is 78.4 Å². The Morgan fingerprint density at radius 3 is 2.36 bits per heavy atom. The molecule has 1 atom stereocenters. The van der Waals surface area contributed by atoms with Crippen molar-refractivity contribution in [2.45, 2.75) is 12.5 Å². The highest BCUT2D eigenvalue weighted by molar-refractivity contribution is 5.96. The van der Waals surface area contributed by atoms with Crippen molar-refractivity contribution in [3.05, 3.63) is 71.3 Å². The zero-order valence-electron chi connectivity index (χ0n) is 13.6. The third-order valence-electron chi connectivity index (χ3n) is 3.59. The summed E-state index contributed by atoms with van der Waals surface area (Å²) in [6.45, 7) is 1.04. The van der Waals surface area contributed by atoms with Crippen molar-refractivity contribution in [1.82, 2.24) is 10.6 Å². The number of rotatable bonds is 6. The van der Waals surface area contributed by atoms with Crippen LogP contribution >= 0.6 is 0 Å². The number of amides is 2. The summed E-state index contributed by atoms with van der Waals surface area (Å²) in [5.41, 5.74) is -0.847. The van der Waals surface area contributed by atoms with Crippen molar-refractivity contribution >= 4 is 11.8 Å². The number of carbonyl (C=O) groups excluding carboxylic acids is 2. The van der Waals surface area contributed by atoms with Crippen LogP contribution in [0, 0.1) is 11.6 Å². The van der Waals surface area contributed by atoms with Crippen LogP contribution in [-0.4, -0.2) is 30.0 Å². The van der Waals surface area contributed by atoms with Crippen LogP contribution < -0.4 is 10.6 Å². The minimum atomic E-state index is -1.39. The summed E-state index contributed by atoms with van der Waals surface area (Å²) in [6.07, 6.45) is 0. The Labute approximate surface area is 143 Å². The zero-order valence-corrected chi connectivity index (χ0v) is 13.6. The van der Waals surface area contributed by atoms with Crippen molar-refractivity contribution in [3.63, 3.8) is 0 Å². The molecule has 0 bridgehead atoms. The van der Waals surface area contributed by atoms with Gasteiger partial charge in [0.25, 0.3) is 5.91 Å². The van der Waals surface area contributed by atoms with Gasteiger partial charge in [-0.15, -0.1) is 0 Å². The third kappa shape index (κ3) is 5.36. The van der Waals surface area contributed by atoms with E-state index >= 15 is 0 Å². The Morgan fingerprint density at radius 2 is 1.72 bits per heavy atom. The van der Waals surface area contributed by atoms with Crippen LogP contribution in [0.3, 0.4) is 0 Å². The molecule has 0 saturated heterocycles. The molecule has 0 aliphatic carbocycles. The van der Waals surface area contributed by atoms with Crippen LogP contribution in [0.5, 0.6) is 0 Å². The van der Waals surface area contributed by atoms with Crippen LogP contribution in [0.15, 0.2) is 48.5 Å². The second kappa shape index (κ2) is 7.85. The molecule has 0 aliphatic rings. The molecule has 25 heavy (non-hydrogen) atoms. The van der Waals surface area contributed by atoms with Crippen LogP contribution in [0.2, 0.25) is 0 Å². The molecule has 0 aliphatic heterocycles. The van der Waals surface area contributed by atoms with Crippen LogP contribution in [0.1, 0.15) is 22.8 Å². The fourth-order valence-corrected chi connectivity index (χ4v) is 2.14. The van der Waals surface area contributed by atoms with Gasteiger partial charge in [0.05, 0.1) is 13.1 Å². The number of hydrogen-bond acceptors (Lipinski definition) is 3. The predicted molar refractivity (Wildman–Crippen MR) is 87.7 cm³/mol. The minimum Gasteiger partial charge on any atom is -0.384 e. The molecule has 0 saturated carbocycles. The van der Waals surface area contributed by atoms with Gasteiger partial charge >= 0.3 is 0 Å². The molecule has 0 aromatic heterocycles. The van der Waals surface area contributed by atoms with Gasteiger partial charge in [0.15, 0.2) is 0 Å². The van der Waals surface area contributed by atoms with E-state index in [-0.39, 0.29) is 18.7 Å². The van der Waals surface area contributed by atoms with Gasteiger partial charge in [-0.2, -0.15) is 0 Å². The van der Waals surface area contributed by atoms with E-state index < -0.39 is 29.0 Å². The van der Waals surface area contributed by atoms with Crippen LogP contribution in [0.4, 0.5) is 8.78 Å². The lowest BCUT2D eigenvalue weighted by Gasteiger charge is -2.24. The first-order chi connectivity index (χ1) is 11.8. The molecule has 0 spiro atoms. The fourth-order valence-electron chi connectivity index (χ4n) is 2.14. The summed E-state index contributed by atoms with van der Waals surface area (Å²) >= 11 is 0. The molecule has 2 aromatic rings. The largest absolute Gasteiger partial charge is 0.384 e. The van der Waals surface area contributed by atoms with E-state index in [0.29, 0.717) is 5.56 Å². The first kappa shape index (κ1) is 18.5. The summed E-state index contributed by atoms with van der Waals surface area (Å²) in [5.74, 6) is -2.08. The number of nitrogens with one attached hydrogen (secondary N) is 2. The fraction of sp³-hybridized carbons (Fsp3) is 0.222. The molecule has 1 unspecified atom stereocenters. The second-order valence-corrected chi connectivity index (χ2v) is 5.75. The molecule has 3 N–H and O–H groups in total. The highest BCUT2D eigenvalue weighted by Crippen LogP contribution is 2.19. The predicted octanol–water partition coefficient (Wildman–Crippen LogP) is 1.72. The van der Waals surface area contributed by atoms with E-state index in [9.17, 15) is 23.5 Å². The van der Waals surface area contributed by atoms with Crippen LogP contribution in [0.25, 0.3) is 0 Å². The lowest BCUT2D eigenvalue weighted by Crippen LogP contribution is -2.43. The molecule has 7 heteroatoms. The first-order valence-electron chi connectivity index (χ1n) is 7.57. The number of halogens is 2. The molecular formula is C18H18F2N2O3. The van der Waals surface area contributed by atoms with E-state index in [1.54, 1.807) is 0 Å². The molecule has 0 heterocycles. The molecule has 2 aromatic carbocycles. The van der Waals surface area contributed by atoms with Gasteiger partial charge in [-0.05, 0) is 42.8 Å². The minimum absolute atomic E-state index is 0.103. The summed E-state index contributed by atoms with van der Waals surface area (Å²) < 4.78 is 26.0. The van der Waals surface area contributed by atoms with E-state index in [0.717, 1.165) is 6.07 Å². The highest BCUT2D eigenvalue weighted by atomic mass is 19.1. The van der Waals surface area contributed by atoms with Crippen molar-refractivity contribution < 1.29 is 23.5 Å².